The Labute approximate surface area is 138 Å². The number of fused-ring (bicyclic) bond motifs is 1. The Balaban J connectivity index is 1.84. The molecule has 0 bridgehead atoms. The fourth-order valence-electron chi connectivity index (χ4n) is 2.38. The first-order chi connectivity index (χ1) is 11.3. The maximum Gasteiger partial charge on any atom is 0.241 e. The molecule has 1 aliphatic rings. The summed E-state index contributed by atoms with van der Waals surface area (Å²) in [6.07, 6.45) is 0. The van der Waals surface area contributed by atoms with Crippen LogP contribution >= 0.6 is 0 Å². The fourth-order valence-corrected chi connectivity index (χ4v) is 3.65. The van der Waals surface area contributed by atoms with Crippen molar-refractivity contribution in [2.24, 2.45) is 0 Å². The van der Waals surface area contributed by atoms with Crippen LogP contribution < -0.4 is 14.2 Å². The Morgan fingerprint density at radius 3 is 2.29 bits per heavy atom. The summed E-state index contributed by atoms with van der Waals surface area (Å²) in [7, 11) is -4.08. The van der Waals surface area contributed by atoms with Crippen LogP contribution in [0.3, 0.4) is 0 Å². The molecule has 1 aliphatic heterocycles. The van der Waals surface area contributed by atoms with Crippen LogP contribution in [-0.4, -0.2) is 21.6 Å². The van der Waals surface area contributed by atoms with Crippen molar-refractivity contribution >= 4 is 10.0 Å². The number of halogens is 2. The highest BCUT2D eigenvalue weighted by atomic mass is 32.2. The van der Waals surface area contributed by atoms with Gasteiger partial charge in [-0.05, 0) is 36.8 Å². The molecule has 1 heterocycles. The number of ether oxygens (including phenoxy) is 2. The van der Waals surface area contributed by atoms with Crippen LogP contribution in [-0.2, 0) is 10.0 Å². The molecule has 0 saturated carbocycles. The van der Waals surface area contributed by atoms with Gasteiger partial charge >= 0.3 is 0 Å². The predicted octanol–water partition coefficient (Wildman–Crippen LogP) is 2.78. The molecule has 128 valence electrons. The lowest BCUT2D eigenvalue weighted by atomic mass is 10.1. The van der Waals surface area contributed by atoms with Crippen LogP contribution in [0.4, 0.5) is 8.78 Å². The number of sulfonamides is 1. The molecule has 8 heteroatoms. The molecule has 1 atom stereocenters. The zero-order valence-corrected chi connectivity index (χ0v) is 13.6. The number of hydrogen-bond acceptors (Lipinski definition) is 4. The number of rotatable bonds is 4. The summed E-state index contributed by atoms with van der Waals surface area (Å²) in [5, 5.41) is 0. The standard InChI is InChI=1S/C16H15F2NO4S/c1-10(11-2-3-15-16(6-11)23-5-4-22-15)19-24(20,21)14-8-12(17)7-13(18)9-14/h2-3,6-10,19H,4-5H2,1H3/t10-/m0/s1. The van der Waals surface area contributed by atoms with Crippen LogP contribution in [0.5, 0.6) is 11.5 Å². The summed E-state index contributed by atoms with van der Waals surface area (Å²) >= 11 is 0. The summed E-state index contributed by atoms with van der Waals surface area (Å²) in [5.74, 6) is -0.793. The second-order valence-electron chi connectivity index (χ2n) is 5.35. The monoisotopic (exact) mass is 355 g/mol. The first kappa shape index (κ1) is 16.7. The summed E-state index contributed by atoms with van der Waals surface area (Å²) in [6.45, 7) is 2.50. The number of hydrogen-bond donors (Lipinski definition) is 1. The summed E-state index contributed by atoms with van der Waals surface area (Å²) in [6, 6.07) is 6.58. The zero-order valence-electron chi connectivity index (χ0n) is 12.8. The molecule has 0 fully saturated rings. The summed E-state index contributed by atoms with van der Waals surface area (Å²) in [5.41, 5.74) is 0.639. The van der Waals surface area contributed by atoms with Gasteiger partial charge in [0.15, 0.2) is 11.5 Å². The van der Waals surface area contributed by atoms with Gasteiger partial charge in [0.05, 0.1) is 4.90 Å². The van der Waals surface area contributed by atoms with Gasteiger partial charge in [-0.25, -0.2) is 21.9 Å². The van der Waals surface area contributed by atoms with Crippen molar-refractivity contribution in [2.45, 2.75) is 17.9 Å². The molecule has 0 unspecified atom stereocenters. The van der Waals surface area contributed by atoms with Gasteiger partial charge in [0, 0.05) is 12.1 Å². The van der Waals surface area contributed by atoms with E-state index in [-0.39, 0.29) is 0 Å². The maximum atomic E-state index is 13.2. The SMILES string of the molecule is C[C@H](NS(=O)(=O)c1cc(F)cc(F)c1)c1ccc2c(c1)OCCO2. The second kappa shape index (κ2) is 6.37. The predicted molar refractivity (Wildman–Crippen MR) is 82.5 cm³/mol. The van der Waals surface area contributed by atoms with Crippen LogP contribution in [0.25, 0.3) is 0 Å². The number of benzene rings is 2. The van der Waals surface area contributed by atoms with Gasteiger partial charge in [0.25, 0.3) is 0 Å². The molecule has 3 rings (SSSR count). The quantitative estimate of drug-likeness (QED) is 0.916. The van der Waals surface area contributed by atoms with Crippen molar-refractivity contribution in [3.05, 3.63) is 53.6 Å². The van der Waals surface area contributed by atoms with Crippen molar-refractivity contribution < 1.29 is 26.7 Å². The minimum absolute atomic E-state index is 0.416. The van der Waals surface area contributed by atoms with Crippen LogP contribution in [0.2, 0.25) is 0 Å². The van der Waals surface area contributed by atoms with E-state index in [1.54, 1.807) is 25.1 Å². The second-order valence-corrected chi connectivity index (χ2v) is 7.07. The Hall–Kier alpha value is -2.19. The molecule has 0 aliphatic carbocycles. The lowest BCUT2D eigenvalue weighted by molar-refractivity contribution is 0.171. The van der Waals surface area contributed by atoms with Gasteiger partial charge in [-0.3, -0.25) is 0 Å². The molecule has 0 spiro atoms. The van der Waals surface area contributed by atoms with Gasteiger partial charge in [-0.15, -0.1) is 0 Å². The van der Waals surface area contributed by atoms with Crippen LogP contribution in [0.1, 0.15) is 18.5 Å². The van der Waals surface area contributed by atoms with E-state index in [9.17, 15) is 17.2 Å². The molecule has 0 amide bonds. The smallest absolute Gasteiger partial charge is 0.241 e. The van der Waals surface area contributed by atoms with Crippen molar-refractivity contribution in [3.63, 3.8) is 0 Å². The molecule has 2 aromatic carbocycles. The van der Waals surface area contributed by atoms with E-state index in [4.69, 9.17) is 9.47 Å². The first-order valence-corrected chi connectivity index (χ1v) is 8.71. The zero-order chi connectivity index (χ0) is 17.3. The van der Waals surface area contributed by atoms with Crippen molar-refractivity contribution in [1.82, 2.24) is 4.72 Å². The average molecular weight is 355 g/mol. The molecule has 2 aromatic rings. The Kier molecular flexibility index (Phi) is 4.42. The number of nitrogens with one attached hydrogen (secondary N) is 1. The van der Waals surface area contributed by atoms with Gasteiger partial charge in [0.2, 0.25) is 10.0 Å². The van der Waals surface area contributed by atoms with Crippen molar-refractivity contribution in [1.29, 1.82) is 0 Å². The van der Waals surface area contributed by atoms with E-state index in [0.29, 0.717) is 36.3 Å². The molecular weight excluding hydrogens is 340 g/mol. The Morgan fingerprint density at radius 2 is 1.62 bits per heavy atom. The minimum atomic E-state index is -4.08. The molecule has 0 radical (unpaired) electrons. The molecule has 1 N–H and O–H groups in total. The maximum absolute atomic E-state index is 13.2. The van der Waals surface area contributed by atoms with Crippen LogP contribution in [0, 0.1) is 11.6 Å². The van der Waals surface area contributed by atoms with Gasteiger partial charge in [-0.2, -0.15) is 0 Å². The average Bonchev–Trinajstić information content (AvgIpc) is 2.53. The summed E-state index contributed by atoms with van der Waals surface area (Å²) in [4.78, 5) is -0.468. The normalized spacial score (nSPS) is 15.1. The molecule has 0 aromatic heterocycles. The molecular formula is C16H15F2NO4S. The van der Waals surface area contributed by atoms with Gasteiger partial charge < -0.3 is 9.47 Å². The highest BCUT2D eigenvalue weighted by Gasteiger charge is 2.21. The lowest BCUT2D eigenvalue weighted by Gasteiger charge is -2.21. The highest BCUT2D eigenvalue weighted by molar-refractivity contribution is 7.89. The van der Waals surface area contributed by atoms with E-state index in [1.807, 2.05) is 0 Å². The molecule has 24 heavy (non-hydrogen) atoms. The Bertz CT molecular complexity index is 850. The van der Waals surface area contributed by atoms with Crippen molar-refractivity contribution in [3.8, 4) is 11.5 Å². The van der Waals surface area contributed by atoms with E-state index in [1.165, 1.54) is 0 Å². The fraction of sp³-hybridized carbons (Fsp3) is 0.250. The topological polar surface area (TPSA) is 64.6 Å². The van der Waals surface area contributed by atoms with E-state index >= 15 is 0 Å². The van der Waals surface area contributed by atoms with E-state index < -0.39 is 32.6 Å². The third-order valence-electron chi connectivity index (χ3n) is 3.54. The van der Waals surface area contributed by atoms with Crippen LogP contribution in [0.15, 0.2) is 41.3 Å². The first-order valence-electron chi connectivity index (χ1n) is 7.23. The molecule has 0 saturated heterocycles. The van der Waals surface area contributed by atoms with E-state index in [2.05, 4.69) is 4.72 Å². The third kappa shape index (κ3) is 3.49. The van der Waals surface area contributed by atoms with Gasteiger partial charge in [-0.1, -0.05) is 6.07 Å². The molecule has 5 nitrogen and oxygen atoms in total. The third-order valence-corrected chi connectivity index (χ3v) is 5.06. The Morgan fingerprint density at radius 1 is 1.00 bits per heavy atom. The highest BCUT2D eigenvalue weighted by Crippen LogP contribution is 2.33. The van der Waals surface area contributed by atoms with Crippen molar-refractivity contribution in [2.75, 3.05) is 13.2 Å². The van der Waals surface area contributed by atoms with Gasteiger partial charge in [0.1, 0.15) is 24.8 Å². The summed E-state index contributed by atoms with van der Waals surface area (Å²) < 4.78 is 64.4. The minimum Gasteiger partial charge on any atom is -0.486 e. The largest absolute Gasteiger partial charge is 0.486 e. The lowest BCUT2D eigenvalue weighted by Crippen LogP contribution is -2.27. The van der Waals surface area contributed by atoms with E-state index in [0.717, 1.165) is 12.1 Å².